The van der Waals surface area contributed by atoms with Gasteiger partial charge in [-0.15, -0.1) is 0 Å². The summed E-state index contributed by atoms with van der Waals surface area (Å²) in [5.74, 6) is -2.03. The van der Waals surface area contributed by atoms with E-state index < -0.39 is 23.9 Å². The van der Waals surface area contributed by atoms with E-state index in [2.05, 4.69) is 0 Å². The number of nitrogens with two attached hydrogens (primary N) is 1. The smallest absolute Gasteiger partial charge is 0.345 e. The van der Waals surface area contributed by atoms with Crippen LogP contribution in [-0.2, 0) is 9.53 Å². The molecule has 1 aromatic carbocycles. The zero-order valence-corrected chi connectivity index (χ0v) is 8.84. The Balaban J connectivity index is 3.15. The first-order chi connectivity index (χ1) is 7.58. The first kappa shape index (κ1) is 12.4. The summed E-state index contributed by atoms with van der Waals surface area (Å²) in [6.45, 7) is -0.410. The second-order valence-corrected chi connectivity index (χ2v) is 3.24. The minimum atomic E-state index is -2.00. The molecule has 0 aliphatic carbocycles. The number of carboxylic acids is 1. The molecule has 0 bridgehead atoms. The Morgan fingerprint density at radius 1 is 1.38 bits per heavy atom. The van der Waals surface area contributed by atoms with Crippen molar-refractivity contribution in [1.82, 2.24) is 0 Å². The van der Waals surface area contributed by atoms with Crippen molar-refractivity contribution in [3.8, 4) is 0 Å². The van der Waals surface area contributed by atoms with E-state index in [1.807, 2.05) is 0 Å². The van der Waals surface area contributed by atoms with E-state index in [0.29, 0.717) is 0 Å². The number of ketones is 1. The Hall–Kier alpha value is -1.72. The minimum absolute atomic E-state index is 0.261. The molecule has 1 aromatic rings. The maximum Gasteiger partial charge on any atom is 0.345 e. The van der Waals surface area contributed by atoms with Crippen molar-refractivity contribution in [2.24, 2.45) is 5.73 Å². The molecule has 0 saturated heterocycles. The molecule has 16 heavy (non-hydrogen) atoms. The molecular weight excluding hydrogens is 210 g/mol. The molecule has 5 nitrogen and oxygen atoms in total. The lowest BCUT2D eigenvalue weighted by Gasteiger charge is -2.24. The normalized spacial score (nSPS) is 14.1. The highest BCUT2D eigenvalue weighted by Crippen LogP contribution is 2.17. The number of rotatable bonds is 5. The lowest BCUT2D eigenvalue weighted by molar-refractivity contribution is -0.155. The van der Waals surface area contributed by atoms with E-state index in [-0.39, 0.29) is 5.56 Å². The number of ether oxygens (including phenoxy) is 1. The van der Waals surface area contributed by atoms with Crippen LogP contribution in [0.2, 0.25) is 0 Å². The quantitative estimate of drug-likeness (QED) is 0.553. The summed E-state index contributed by atoms with van der Waals surface area (Å²) >= 11 is 0. The van der Waals surface area contributed by atoms with Gasteiger partial charge in [-0.25, -0.2) is 4.79 Å². The van der Waals surface area contributed by atoms with Gasteiger partial charge in [-0.2, -0.15) is 0 Å². The van der Waals surface area contributed by atoms with Crippen LogP contribution in [0.1, 0.15) is 10.4 Å². The van der Waals surface area contributed by atoms with Gasteiger partial charge in [0.05, 0.1) is 0 Å². The van der Waals surface area contributed by atoms with Crippen molar-refractivity contribution in [1.29, 1.82) is 0 Å². The van der Waals surface area contributed by atoms with Crippen LogP contribution in [0.5, 0.6) is 0 Å². The Bertz CT molecular complexity index is 384. The highest BCUT2D eigenvalue weighted by Gasteiger charge is 2.45. The van der Waals surface area contributed by atoms with Crippen LogP contribution in [0.4, 0.5) is 0 Å². The molecule has 1 rings (SSSR count). The number of carbonyl (C=O) groups is 2. The second-order valence-electron chi connectivity index (χ2n) is 3.24. The first-order valence-corrected chi connectivity index (χ1v) is 4.67. The number of hydrogen-bond donors (Lipinski definition) is 2. The van der Waals surface area contributed by atoms with Crippen molar-refractivity contribution in [3.63, 3.8) is 0 Å². The maximum absolute atomic E-state index is 12.0. The molecule has 1 atom stereocenters. The summed E-state index contributed by atoms with van der Waals surface area (Å²) in [6, 6.07) is 8.07. The molecule has 5 heteroatoms. The first-order valence-electron chi connectivity index (χ1n) is 4.67. The predicted molar refractivity (Wildman–Crippen MR) is 57.2 cm³/mol. The molecule has 1 unspecified atom stereocenters. The van der Waals surface area contributed by atoms with Crippen LogP contribution >= 0.6 is 0 Å². The van der Waals surface area contributed by atoms with Crippen LogP contribution in [-0.4, -0.2) is 36.1 Å². The Morgan fingerprint density at radius 2 is 1.94 bits per heavy atom. The Labute approximate surface area is 92.8 Å². The lowest BCUT2D eigenvalue weighted by atomic mass is 9.93. The van der Waals surface area contributed by atoms with Crippen LogP contribution in [0, 0.1) is 0 Å². The number of carbonyl (C=O) groups excluding carboxylic acids is 1. The summed E-state index contributed by atoms with van der Waals surface area (Å²) < 4.78 is 4.79. The largest absolute Gasteiger partial charge is 0.479 e. The van der Waals surface area contributed by atoms with Gasteiger partial charge in [-0.05, 0) is 0 Å². The zero-order valence-electron chi connectivity index (χ0n) is 8.84. The molecule has 0 aliphatic heterocycles. The van der Waals surface area contributed by atoms with Crippen LogP contribution in [0.15, 0.2) is 30.3 Å². The summed E-state index contributed by atoms with van der Waals surface area (Å²) in [4.78, 5) is 23.1. The molecule has 0 aromatic heterocycles. The third-order valence-electron chi connectivity index (χ3n) is 2.38. The summed E-state index contributed by atoms with van der Waals surface area (Å²) in [6.07, 6.45) is 0. The van der Waals surface area contributed by atoms with E-state index in [1.165, 1.54) is 12.1 Å². The van der Waals surface area contributed by atoms with E-state index in [4.69, 9.17) is 15.6 Å². The fourth-order valence-corrected chi connectivity index (χ4v) is 1.36. The van der Waals surface area contributed by atoms with Crippen molar-refractivity contribution in [3.05, 3.63) is 35.9 Å². The van der Waals surface area contributed by atoms with Crippen molar-refractivity contribution < 1.29 is 19.4 Å². The van der Waals surface area contributed by atoms with Gasteiger partial charge in [-0.3, -0.25) is 4.79 Å². The van der Waals surface area contributed by atoms with Gasteiger partial charge >= 0.3 is 5.97 Å². The molecule has 0 spiro atoms. The monoisotopic (exact) mass is 223 g/mol. The number of methoxy groups -OCH3 is 1. The third kappa shape index (κ3) is 1.95. The molecule has 0 radical (unpaired) electrons. The van der Waals surface area contributed by atoms with E-state index in [9.17, 15) is 9.59 Å². The highest BCUT2D eigenvalue weighted by molar-refractivity contribution is 6.15. The maximum atomic E-state index is 12.0. The van der Waals surface area contributed by atoms with Crippen molar-refractivity contribution >= 4 is 11.8 Å². The van der Waals surface area contributed by atoms with Crippen molar-refractivity contribution in [2.75, 3.05) is 13.7 Å². The zero-order chi connectivity index (χ0) is 12.2. The predicted octanol–water partition coefficient (Wildman–Crippen LogP) is 0.298. The Morgan fingerprint density at radius 3 is 2.31 bits per heavy atom. The van der Waals surface area contributed by atoms with Gasteiger partial charge in [0.2, 0.25) is 11.4 Å². The molecule has 0 fully saturated rings. The number of hydrogen-bond acceptors (Lipinski definition) is 4. The lowest BCUT2D eigenvalue weighted by Crippen LogP contribution is -2.54. The molecule has 0 amide bonds. The number of benzene rings is 1. The SMILES string of the molecule is COC(CN)(C(=O)O)C(=O)c1ccccc1. The number of carboxylic acid groups (broad SMARTS) is 1. The summed E-state index contributed by atoms with van der Waals surface area (Å²) in [7, 11) is 1.15. The molecule has 0 heterocycles. The van der Waals surface area contributed by atoms with Gasteiger partial charge in [0.15, 0.2) is 0 Å². The van der Waals surface area contributed by atoms with Crippen molar-refractivity contribution in [2.45, 2.75) is 5.60 Å². The van der Waals surface area contributed by atoms with Crippen LogP contribution in [0.25, 0.3) is 0 Å². The van der Waals surface area contributed by atoms with E-state index >= 15 is 0 Å². The van der Waals surface area contributed by atoms with E-state index in [0.717, 1.165) is 7.11 Å². The second kappa shape index (κ2) is 4.87. The van der Waals surface area contributed by atoms with Gasteiger partial charge in [0, 0.05) is 19.2 Å². The van der Waals surface area contributed by atoms with Gasteiger partial charge in [0.1, 0.15) is 0 Å². The van der Waals surface area contributed by atoms with Crippen LogP contribution in [0.3, 0.4) is 0 Å². The molecule has 0 saturated carbocycles. The average Bonchev–Trinajstić information content (AvgIpc) is 2.32. The molecule has 0 aliphatic rings. The fourth-order valence-electron chi connectivity index (χ4n) is 1.36. The summed E-state index contributed by atoms with van der Waals surface area (Å²) in [5.41, 5.74) is 3.59. The Kier molecular flexibility index (Phi) is 3.76. The van der Waals surface area contributed by atoms with Gasteiger partial charge < -0.3 is 15.6 Å². The fraction of sp³-hybridized carbons (Fsp3) is 0.273. The third-order valence-corrected chi connectivity index (χ3v) is 2.38. The minimum Gasteiger partial charge on any atom is -0.479 e. The average molecular weight is 223 g/mol. The number of Topliss-reactive ketones (excluding diaryl/α,β-unsaturated/α-hetero) is 1. The van der Waals surface area contributed by atoms with Crippen LogP contribution < -0.4 is 5.73 Å². The number of aliphatic carboxylic acids is 1. The standard InChI is InChI=1S/C11H13NO4/c1-16-11(7-12,10(14)15)9(13)8-5-3-2-4-6-8/h2-6H,7,12H2,1H3,(H,14,15). The van der Waals surface area contributed by atoms with E-state index in [1.54, 1.807) is 18.2 Å². The van der Waals surface area contributed by atoms with Gasteiger partial charge in [-0.1, -0.05) is 30.3 Å². The highest BCUT2D eigenvalue weighted by atomic mass is 16.5. The topological polar surface area (TPSA) is 89.6 Å². The van der Waals surface area contributed by atoms with Gasteiger partial charge in [0.25, 0.3) is 0 Å². The molecule has 86 valence electrons. The summed E-state index contributed by atoms with van der Waals surface area (Å²) in [5, 5.41) is 9.03. The molecular formula is C11H13NO4. The molecule has 3 N–H and O–H groups in total.